The maximum absolute atomic E-state index is 13.5. The number of amides is 2. The molecule has 11 heteroatoms. The van der Waals surface area contributed by atoms with Crippen LogP contribution in [0.25, 0.3) is 11.0 Å². The van der Waals surface area contributed by atoms with Crippen LogP contribution in [0.3, 0.4) is 0 Å². The lowest BCUT2D eigenvalue weighted by atomic mass is 10.2. The van der Waals surface area contributed by atoms with Gasteiger partial charge >= 0.3 is 0 Å². The van der Waals surface area contributed by atoms with Gasteiger partial charge in [-0.1, -0.05) is 18.2 Å². The number of benzene rings is 2. The van der Waals surface area contributed by atoms with Crippen LogP contribution >= 0.6 is 0 Å². The molecule has 1 fully saturated rings. The van der Waals surface area contributed by atoms with E-state index >= 15 is 0 Å². The van der Waals surface area contributed by atoms with Gasteiger partial charge in [-0.25, -0.2) is 18.4 Å². The Morgan fingerprint density at radius 3 is 2.42 bits per heavy atom. The number of para-hydroxylation sites is 2. The molecule has 0 radical (unpaired) electrons. The predicted octanol–water partition coefficient (Wildman–Crippen LogP) is 0.847. The monoisotopic (exact) mass is 466 g/mol. The summed E-state index contributed by atoms with van der Waals surface area (Å²) in [5.41, 5.74) is 1.63. The van der Waals surface area contributed by atoms with E-state index < -0.39 is 10.0 Å². The molecule has 0 aliphatic carbocycles. The van der Waals surface area contributed by atoms with Crippen molar-refractivity contribution in [2.75, 3.05) is 49.6 Å². The molecule has 1 saturated heterocycles. The maximum atomic E-state index is 13.5. The molecule has 3 aromatic rings. The number of rotatable bonds is 3. The van der Waals surface area contributed by atoms with E-state index in [0.717, 1.165) is 9.82 Å². The van der Waals surface area contributed by atoms with Gasteiger partial charge in [-0.05, 0) is 30.3 Å². The lowest BCUT2D eigenvalue weighted by Gasteiger charge is -2.33. The second-order valence-corrected chi connectivity index (χ2v) is 9.89. The molecule has 3 heterocycles. The summed E-state index contributed by atoms with van der Waals surface area (Å²) in [5, 5.41) is 2.61. The van der Waals surface area contributed by atoms with E-state index in [2.05, 4.69) is 15.3 Å². The number of fused-ring (bicyclic) bond motifs is 2. The summed E-state index contributed by atoms with van der Waals surface area (Å²) in [6.07, 6.45) is 0. The summed E-state index contributed by atoms with van der Waals surface area (Å²) >= 11 is 0. The van der Waals surface area contributed by atoms with Crippen molar-refractivity contribution in [3.63, 3.8) is 0 Å². The summed E-state index contributed by atoms with van der Waals surface area (Å²) in [4.78, 5) is 38.0. The van der Waals surface area contributed by atoms with Gasteiger partial charge in [0, 0.05) is 38.8 Å². The molecule has 170 valence electrons. The van der Waals surface area contributed by atoms with E-state index in [0.29, 0.717) is 30.2 Å². The number of aromatic nitrogens is 2. The zero-order valence-corrected chi connectivity index (χ0v) is 18.7. The highest BCUT2D eigenvalue weighted by Gasteiger charge is 2.32. The number of nitrogens with one attached hydrogen (secondary N) is 1. The number of carbonyl (C=O) groups excluding carboxylic acids is 2. The molecule has 0 saturated carbocycles. The molecule has 10 nitrogen and oxygen atoms in total. The molecule has 0 bridgehead atoms. The van der Waals surface area contributed by atoms with Crippen LogP contribution in [-0.4, -0.2) is 74.3 Å². The molecule has 33 heavy (non-hydrogen) atoms. The van der Waals surface area contributed by atoms with E-state index in [4.69, 9.17) is 0 Å². The van der Waals surface area contributed by atoms with Crippen LogP contribution in [0.4, 0.5) is 11.6 Å². The molecule has 5 rings (SSSR count). The van der Waals surface area contributed by atoms with Crippen molar-refractivity contribution in [3.05, 3.63) is 54.1 Å². The fraction of sp³-hybridized carbons (Fsp3) is 0.273. The first-order valence-electron chi connectivity index (χ1n) is 10.5. The second kappa shape index (κ2) is 8.09. The standard InChI is InChI=1S/C22H22N6O4S/c1-26-11-12-28(21-20(26)24-17-7-2-3-8-18(17)25-21)22(30)15-5-4-6-16(13-15)33(31,32)27-10-9-23-19(29)14-27/h2-8,13H,9-12,14H2,1H3,(H,23,29). The zero-order valence-electron chi connectivity index (χ0n) is 17.9. The van der Waals surface area contributed by atoms with Gasteiger partial charge in [-0.3, -0.25) is 14.5 Å². The van der Waals surface area contributed by atoms with Crippen molar-refractivity contribution < 1.29 is 18.0 Å². The van der Waals surface area contributed by atoms with Gasteiger partial charge in [0.2, 0.25) is 15.9 Å². The number of likely N-dealkylation sites (N-methyl/N-ethyl adjacent to an activating group) is 1. The predicted molar refractivity (Wildman–Crippen MR) is 123 cm³/mol. The van der Waals surface area contributed by atoms with Crippen molar-refractivity contribution >= 4 is 44.5 Å². The minimum atomic E-state index is -3.91. The Morgan fingerprint density at radius 2 is 1.70 bits per heavy atom. The van der Waals surface area contributed by atoms with E-state index in [1.165, 1.54) is 23.1 Å². The zero-order chi connectivity index (χ0) is 23.2. The lowest BCUT2D eigenvalue weighted by Crippen LogP contribution is -2.49. The van der Waals surface area contributed by atoms with Crippen LogP contribution < -0.4 is 15.1 Å². The normalized spacial score (nSPS) is 17.1. The van der Waals surface area contributed by atoms with Gasteiger partial charge in [0.1, 0.15) is 0 Å². The van der Waals surface area contributed by atoms with Gasteiger partial charge in [0.15, 0.2) is 11.6 Å². The topological polar surface area (TPSA) is 116 Å². The van der Waals surface area contributed by atoms with Crippen LogP contribution in [0, 0.1) is 0 Å². The first-order valence-corrected chi connectivity index (χ1v) is 12.0. The van der Waals surface area contributed by atoms with Gasteiger partial charge in [0.25, 0.3) is 5.91 Å². The Morgan fingerprint density at radius 1 is 0.970 bits per heavy atom. The molecule has 2 aliphatic heterocycles. The van der Waals surface area contributed by atoms with Gasteiger partial charge in [-0.2, -0.15) is 4.31 Å². The smallest absolute Gasteiger partial charge is 0.259 e. The number of anilines is 2. The molecular formula is C22H22N6O4S. The van der Waals surface area contributed by atoms with Crippen molar-refractivity contribution in [1.29, 1.82) is 0 Å². The average Bonchev–Trinajstić information content (AvgIpc) is 2.83. The van der Waals surface area contributed by atoms with Crippen molar-refractivity contribution in [2.45, 2.75) is 4.90 Å². The number of sulfonamides is 1. The third-order valence-electron chi connectivity index (χ3n) is 5.78. The minimum absolute atomic E-state index is 0.0259. The molecule has 2 aliphatic rings. The second-order valence-electron chi connectivity index (χ2n) is 7.95. The number of hydrogen-bond acceptors (Lipinski definition) is 7. The molecule has 1 aromatic heterocycles. The van der Waals surface area contributed by atoms with Crippen LogP contribution in [0.5, 0.6) is 0 Å². The van der Waals surface area contributed by atoms with Crippen molar-refractivity contribution in [3.8, 4) is 0 Å². The van der Waals surface area contributed by atoms with Gasteiger partial charge in [0.05, 0.1) is 22.5 Å². The van der Waals surface area contributed by atoms with Crippen molar-refractivity contribution in [1.82, 2.24) is 19.6 Å². The summed E-state index contributed by atoms with van der Waals surface area (Å²) in [5.74, 6) is 0.323. The lowest BCUT2D eigenvalue weighted by molar-refractivity contribution is -0.122. The molecule has 0 unspecified atom stereocenters. The fourth-order valence-corrected chi connectivity index (χ4v) is 5.44. The van der Waals surface area contributed by atoms with E-state index in [9.17, 15) is 18.0 Å². The highest BCUT2D eigenvalue weighted by molar-refractivity contribution is 7.89. The molecular weight excluding hydrogens is 444 g/mol. The Kier molecular flexibility index (Phi) is 5.22. The summed E-state index contributed by atoms with van der Waals surface area (Å²) < 4.78 is 27.3. The molecule has 2 aromatic carbocycles. The third-order valence-corrected chi connectivity index (χ3v) is 7.62. The summed E-state index contributed by atoms with van der Waals surface area (Å²) in [6, 6.07) is 13.4. The van der Waals surface area contributed by atoms with Crippen LogP contribution in [-0.2, 0) is 14.8 Å². The molecule has 1 N–H and O–H groups in total. The molecule has 2 amide bonds. The minimum Gasteiger partial charge on any atom is -0.355 e. The molecule has 0 spiro atoms. The number of hydrogen-bond donors (Lipinski definition) is 1. The highest BCUT2D eigenvalue weighted by Crippen LogP contribution is 2.32. The first-order chi connectivity index (χ1) is 15.8. The van der Waals surface area contributed by atoms with Crippen LogP contribution in [0.15, 0.2) is 53.4 Å². The van der Waals surface area contributed by atoms with Gasteiger partial charge in [-0.15, -0.1) is 0 Å². The number of piperazine rings is 1. The Bertz CT molecular complexity index is 1380. The quantitative estimate of drug-likeness (QED) is 0.608. The highest BCUT2D eigenvalue weighted by atomic mass is 32.2. The van der Waals surface area contributed by atoms with E-state index in [1.807, 2.05) is 36.2 Å². The van der Waals surface area contributed by atoms with Crippen LogP contribution in [0.1, 0.15) is 10.4 Å². The Balaban J connectivity index is 1.50. The SMILES string of the molecule is CN1CCN(C(=O)c2cccc(S(=O)(=O)N3CCNC(=O)C3)c2)c2nc3ccccc3nc21. The number of carbonyl (C=O) groups is 2. The average molecular weight is 467 g/mol. The Labute approximate surface area is 190 Å². The summed E-state index contributed by atoms with van der Waals surface area (Å²) in [6.45, 7) is 1.14. The summed E-state index contributed by atoms with van der Waals surface area (Å²) in [7, 11) is -2.02. The molecule has 0 atom stereocenters. The first kappa shape index (κ1) is 21.3. The largest absolute Gasteiger partial charge is 0.355 e. The van der Waals surface area contributed by atoms with Crippen molar-refractivity contribution in [2.24, 2.45) is 0 Å². The fourth-order valence-electron chi connectivity index (χ4n) is 3.99. The number of nitrogens with zero attached hydrogens (tertiary/aromatic N) is 5. The van der Waals surface area contributed by atoms with E-state index in [-0.39, 0.29) is 41.9 Å². The maximum Gasteiger partial charge on any atom is 0.259 e. The third kappa shape index (κ3) is 3.79. The van der Waals surface area contributed by atoms with Gasteiger partial charge < -0.3 is 10.2 Å². The van der Waals surface area contributed by atoms with Crippen LogP contribution in [0.2, 0.25) is 0 Å². The Hall–Kier alpha value is -3.57. The van der Waals surface area contributed by atoms with E-state index in [1.54, 1.807) is 6.07 Å².